The number of phosphoric ester groups is 1. The van der Waals surface area contributed by atoms with Gasteiger partial charge in [-0.25, -0.2) is 13.8 Å². The van der Waals surface area contributed by atoms with Crippen molar-refractivity contribution in [1.29, 1.82) is 0 Å². The maximum atomic E-state index is 11.6. The Morgan fingerprint density at radius 2 is 2.09 bits per heavy atom. The smallest absolute Gasteiger partial charge is 0.470 e. The molecule has 8 heteroatoms. The quantitative estimate of drug-likeness (QED) is 0.514. The maximum absolute atomic E-state index is 11.6. The molecule has 11 heavy (non-hydrogen) atoms. The second-order valence-electron chi connectivity index (χ2n) is 1.58. The number of rotatable bonds is 4. The van der Waals surface area contributed by atoms with E-state index in [1.807, 2.05) is 0 Å². The second-order valence-corrected chi connectivity index (χ2v) is 2.77. The van der Waals surface area contributed by atoms with E-state index in [1.165, 1.54) is 0 Å². The molecule has 0 radical (unpaired) electrons. The molecule has 0 aliphatic heterocycles. The predicted molar refractivity (Wildman–Crippen MR) is 30.5 cm³/mol. The summed E-state index contributed by atoms with van der Waals surface area (Å²) in [7, 11) is -4.91. The minimum absolute atomic E-state index is 1.49. The molecular formula is C3H6FO6P. The van der Waals surface area contributed by atoms with Gasteiger partial charge in [-0.05, 0) is 0 Å². The van der Waals surface area contributed by atoms with Crippen LogP contribution in [0, 0.1) is 0 Å². The Morgan fingerprint density at radius 3 is 2.18 bits per heavy atom. The lowest BCUT2D eigenvalue weighted by Crippen LogP contribution is -2.24. The van der Waals surface area contributed by atoms with Crippen molar-refractivity contribution in [2.24, 2.45) is 0 Å². The van der Waals surface area contributed by atoms with Crippen molar-refractivity contribution in [3.05, 3.63) is 0 Å². The fraction of sp³-hybridized carbons (Fsp3) is 0.667. The average molecular weight is 188 g/mol. The highest BCUT2D eigenvalue weighted by Crippen LogP contribution is 2.37. The molecule has 0 fully saturated rings. The Hall–Kier alpha value is -0.490. The molecule has 0 spiro atoms. The summed E-state index contributed by atoms with van der Waals surface area (Å²) in [6.45, 7) is -1.49. The topological polar surface area (TPSA) is 104 Å². The van der Waals surface area contributed by atoms with E-state index in [4.69, 9.17) is 14.9 Å². The summed E-state index contributed by atoms with van der Waals surface area (Å²) in [6.07, 6.45) is -2.10. The number of alkyl halides is 1. The third-order valence-electron chi connectivity index (χ3n) is 0.680. The minimum atomic E-state index is -4.91. The van der Waals surface area contributed by atoms with E-state index in [1.54, 1.807) is 0 Å². The van der Waals surface area contributed by atoms with Gasteiger partial charge >= 0.3 is 13.8 Å². The Labute approximate surface area is 60.8 Å². The van der Waals surface area contributed by atoms with Crippen LogP contribution < -0.4 is 0 Å². The number of carboxylic acid groups (broad SMARTS) is 1. The van der Waals surface area contributed by atoms with Crippen LogP contribution in [-0.4, -0.2) is 33.6 Å². The Balaban J connectivity index is 4.10. The fourth-order valence-corrected chi connectivity index (χ4v) is 0.783. The zero-order valence-electron chi connectivity index (χ0n) is 5.18. The molecular weight excluding hydrogens is 182 g/mol. The van der Waals surface area contributed by atoms with Crippen LogP contribution in [0.15, 0.2) is 0 Å². The van der Waals surface area contributed by atoms with Gasteiger partial charge in [0.25, 0.3) is 0 Å². The van der Waals surface area contributed by atoms with E-state index >= 15 is 0 Å². The van der Waals surface area contributed by atoms with Gasteiger partial charge in [0, 0.05) is 0 Å². The monoisotopic (exact) mass is 188 g/mol. The number of carbonyl (C=O) groups is 1. The summed E-state index contributed by atoms with van der Waals surface area (Å²) in [5, 5.41) is 8.03. The van der Waals surface area contributed by atoms with Crippen molar-refractivity contribution in [3.8, 4) is 0 Å². The van der Waals surface area contributed by atoms with Crippen LogP contribution in [0.3, 0.4) is 0 Å². The van der Waals surface area contributed by atoms with Crippen molar-refractivity contribution >= 4 is 13.8 Å². The average Bonchev–Trinajstić information content (AvgIpc) is 1.80. The Bertz CT molecular complexity index is 186. The van der Waals surface area contributed by atoms with Crippen molar-refractivity contribution in [2.75, 3.05) is 6.67 Å². The molecule has 0 bridgehead atoms. The first-order chi connectivity index (χ1) is 4.87. The molecule has 0 rings (SSSR count). The lowest BCUT2D eigenvalue weighted by Gasteiger charge is -2.09. The Kier molecular flexibility index (Phi) is 3.61. The standard InChI is InChI=1S/C3H6FO6P/c4-1-2(3(5)6)10-11(7,8)9/h2H,1H2,(H,5,6)(H2,7,8,9)/t2-/m0/s1. The third-order valence-corrected chi connectivity index (χ3v) is 1.21. The third kappa shape index (κ3) is 4.86. The summed E-state index contributed by atoms with van der Waals surface area (Å²) >= 11 is 0. The second kappa shape index (κ2) is 3.77. The van der Waals surface area contributed by atoms with Crippen molar-refractivity contribution < 1.29 is 33.2 Å². The molecule has 1 atom stereocenters. The van der Waals surface area contributed by atoms with Gasteiger partial charge in [-0.1, -0.05) is 0 Å². The van der Waals surface area contributed by atoms with E-state index in [9.17, 15) is 13.8 Å². The van der Waals surface area contributed by atoms with Gasteiger partial charge in [0.1, 0.15) is 6.67 Å². The number of hydrogen-bond donors (Lipinski definition) is 3. The Morgan fingerprint density at radius 1 is 1.64 bits per heavy atom. The van der Waals surface area contributed by atoms with Crippen molar-refractivity contribution in [3.63, 3.8) is 0 Å². The van der Waals surface area contributed by atoms with Gasteiger partial charge in [0.05, 0.1) is 0 Å². The van der Waals surface area contributed by atoms with Crippen LogP contribution in [0.25, 0.3) is 0 Å². The van der Waals surface area contributed by atoms with Gasteiger partial charge in [-0.2, -0.15) is 0 Å². The highest BCUT2D eigenvalue weighted by atomic mass is 31.2. The van der Waals surface area contributed by atoms with Crippen molar-refractivity contribution in [1.82, 2.24) is 0 Å². The van der Waals surface area contributed by atoms with Gasteiger partial charge in [-0.3, -0.25) is 4.52 Å². The molecule has 0 aliphatic rings. The maximum Gasteiger partial charge on any atom is 0.470 e. The van der Waals surface area contributed by atoms with Crippen LogP contribution in [0.2, 0.25) is 0 Å². The molecule has 0 unspecified atom stereocenters. The number of halogens is 1. The lowest BCUT2D eigenvalue weighted by molar-refractivity contribution is -0.146. The normalized spacial score (nSPS) is 14.5. The molecule has 66 valence electrons. The highest BCUT2D eigenvalue weighted by Gasteiger charge is 2.27. The SMILES string of the molecule is O=C(O)[C@H](CF)OP(=O)(O)O. The van der Waals surface area contributed by atoms with E-state index in [-0.39, 0.29) is 0 Å². The zero-order chi connectivity index (χ0) is 9.07. The number of phosphoric acid groups is 1. The number of aliphatic carboxylic acids is 1. The molecule has 0 aromatic carbocycles. The molecule has 0 aromatic rings. The molecule has 3 N–H and O–H groups in total. The molecule has 6 nitrogen and oxygen atoms in total. The molecule has 0 aromatic heterocycles. The largest absolute Gasteiger partial charge is 0.479 e. The molecule has 0 heterocycles. The van der Waals surface area contributed by atoms with Crippen LogP contribution >= 0.6 is 7.82 Å². The van der Waals surface area contributed by atoms with Crippen LogP contribution in [0.5, 0.6) is 0 Å². The van der Waals surface area contributed by atoms with Crippen LogP contribution in [0.1, 0.15) is 0 Å². The first-order valence-electron chi connectivity index (χ1n) is 2.39. The summed E-state index contributed by atoms with van der Waals surface area (Å²) in [4.78, 5) is 26.0. The highest BCUT2D eigenvalue weighted by molar-refractivity contribution is 7.46. The molecule has 0 aliphatic carbocycles. The summed E-state index contributed by atoms with van der Waals surface area (Å²) in [6, 6.07) is 0. The summed E-state index contributed by atoms with van der Waals surface area (Å²) < 4.78 is 25.1. The first-order valence-corrected chi connectivity index (χ1v) is 3.92. The van der Waals surface area contributed by atoms with E-state index in [2.05, 4.69) is 4.52 Å². The van der Waals surface area contributed by atoms with E-state index < -0.39 is 26.6 Å². The molecule has 0 saturated heterocycles. The first kappa shape index (κ1) is 10.5. The summed E-state index contributed by atoms with van der Waals surface area (Å²) in [5.74, 6) is -1.75. The van der Waals surface area contributed by atoms with Gasteiger partial charge in [0.2, 0.25) is 0 Å². The van der Waals surface area contributed by atoms with Gasteiger partial charge in [-0.15, -0.1) is 0 Å². The minimum Gasteiger partial charge on any atom is -0.479 e. The van der Waals surface area contributed by atoms with E-state index in [0.717, 1.165) is 0 Å². The van der Waals surface area contributed by atoms with E-state index in [0.29, 0.717) is 0 Å². The predicted octanol–water partition coefficient (Wildman–Crippen LogP) is -0.482. The number of carboxylic acids is 1. The van der Waals surface area contributed by atoms with Gasteiger partial charge < -0.3 is 14.9 Å². The lowest BCUT2D eigenvalue weighted by atomic mass is 10.4. The fourth-order valence-electron chi connectivity index (χ4n) is 0.305. The van der Waals surface area contributed by atoms with Crippen molar-refractivity contribution in [2.45, 2.75) is 6.10 Å². The number of hydrogen-bond acceptors (Lipinski definition) is 3. The zero-order valence-corrected chi connectivity index (χ0v) is 6.07. The molecule has 0 saturated carbocycles. The van der Waals surface area contributed by atoms with Gasteiger partial charge in [0.15, 0.2) is 6.10 Å². The summed E-state index contributed by atoms with van der Waals surface area (Å²) in [5.41, 5.74) is 0. The molecule has 0 amide bonds. The van der Waals surface area contributed by atoms with Crippen LogP contribution in [0.4, 0.5) is 4.39 Å². The van der Waals surface area contributed by atoms with Crippen LogP contribution in [-0.2, 0) is 13.9 Å².